The van der Waals surface area contributed by atoms with Crippen LogP contribution < -0.4 is 10.1 Å². The van der Waals surface area contributed by atoms with E-state index in [1.54, 1.807) is 36.4 Å². The molecule has 0 aliphatic carbocycles. The summed E-state index contributed by atoms with van der Waals surface area (Å²) in [6.45, 7) is -0.725. The fourth-order valence-corrected chi connectivity index (χ4v) is 2.70. The molecule has 6 nitrogen and oxygen atoms in total. The number of nitrogens with one attached hydrogen (secondary N) is 1. The second kappa shape index (κ2) is 8.47. The second-order valence-electron chi connectivity index (χ2n) is 4.60. The fraction of sp³-hybridized carbons (Fsp3) is 0.188. The molecule has 8 heteroatoms. The third-order valence-corrected chi connectivity index (χ3v) is 4.23. The number of benzene rings is 1. The van der Waals surface area contributed by atoms with Crippen LogP contribution in [-0.4, -0.2) is 37.9 Å². The number of rotatable bonds is 7. The van der Waals surface area contributed by atoms with Crippen LogP contribution in [0.4, 0.5) is 0 Å². The van der Waals surface area contributed by atoms with E-state index in [0.29, 0.717) is 20.5 Å². The average Bonchev–Trinajstić information content (AvgIpc) is 3.04. The van der Waals surface area contributed by atoms with Gasteiger partial charge in [-0.25, -0.2) is 0 Å². The molecule has 1 heterocycles. The van der Waals surface area contributed by atoms with Gasteiger partial charge in [0.2, 0.25) is 5.78 Å². The number of carbonyl (C=O) groups is 3. The Hall–Kier alpha value is -2.38. The topological polar surface area (TPSA) is 81.7 Å². The molecule has 2 aromatic rings. The molecule has 1 aromatic carbocycles. The van der Waals surface area contributed by atoms with Crippen molar-refractivity contribution in [1.82, 2.24) is 5.32 Å². The van der Waals surface area contributed by atoms with Crippen molar-refractivity contribution in [2.24, 2.45) is 0 Å². The molecule has 0 aliphatic heterocycles. The summed E-state index contributed by atoms with van der Waals surface area (Å²) in [7, 11) is 1.52. The van der Waals surface area contributed by atoms with Crippen molar-refractivity contribution in [3.05, 3.63) is 51.2 Å². The first kappa shape index (κ1) is 18.0. The standard InChI is InChI=1S/C16H14ClNO5S/c1-22-11-4-2-10(3-5-11)16(21)18-8-15(20)23-9-12(19)13-6-7-14(17)24-13/h2-7H,8-9H2,1H3,(H,18,21). The number of halogens is 1. The van der Waals surface area contributed by atoms with Gasteiger partial charge in [0.15, 0.2) is 6.61 Å². The van der Waals surface area contributed by atoms with Crippen molar-refractivity contribution in [3.8, 4) is 5.75 Å². The van der Waals surface area contributed by atoms with Crippen molar-refractivity contribution < 1.29 is 23.9 Å². The molecule has 1 N–H and O–H groups in total. The van der Waals surface area contributed by atoms with E-state index in [2.05, 4.69) is 5.32 Å². The number of hydrogen-bond donors (Lipinski definition) is 1. The summed E-state index contributed by atoms with van der Waals surface area (Å²) < 4.78 is 10.3. The van der Waals surface area contributed by atoms with Gasteiger partial charge in [-0.05, 0) is 36.4 Å². The summed E-state index contributed by atoms with van der Waals surface area (Å²) in [5, 5.41) is 2.42. The van der Waals surface area contributed by atoms with Gasteiger partial charge in [0.25, 0.3) is 5.91 Å². The molecule has 0 unspecified atom stereocenters. The van der Waals surface area contributed by atoms with Crippen LogP contribution in [-0.2, 0) is 9.53 Å². The highest BCUT2D eigenvalue weighted by Gasteiger charge is 2.13. The highest BCUT2D eigenvalue weighted by Crippen LogP contribution is 2.21. The van der Waals surface area contributed by atoms with Crippen LogP contribution in [0.3, 0.4) is 0 Å². The number of esters is 1. The maximum absolute atomic E-state index is 11.9. The summed E-state index contributed by atoms with van der Waals surface area (Å²) >= 11 is 6.84. The Morgan fingerprint density at radius 2 is 1.83 bits per heavy atom. The summed E-state index contributed by atoms with van der Waals surface area (Å²) in [4.78, 5) is 35.6. The Morgan fingerprint density at radius 3 is 2.42 bits per heavy atom. The monoisotopic (exact) mass is 367 g/mol. The third-order valence-electron chi connectivity index (χ3n) is 2.96. The molecule has 2 rings (SSSR count). The predicted octanol–water partition coefficient (Wildman–Crippen LogP) is 2.57. The number of hydrogen-bond acceptors (Lipinski definition) is 6. The lowest BCUT2D eigenvalue weighted by atomic mass is 10.2. The van der Waals surface area contributed by atoms with E-state index in [4.69, 9.17) is 21.1 Å². The van der Waals surface area contributed by atoms with Crippen LogP contribution in [0.5, 0.6) is 5.75 Å². The van der Waals surface area contributed by atoms with E-state index < -0.39 is 18.5 Å². The first-order valence-corrected chi connectivity index (χ1v) is 8.05. The summed E-state index contributed by atoms with van der Waals surface area (Å²) in [6.07, 6.45) is 0. The number of carbonyl (C=O) groups excluding carboxylic acids is 3. The molecule has 0 radical (unpaired) electrons. The van der Waals surface area contributed by atoms with E-state index in [1.807, 2.05) is 0 Å². The highest BCUT2D eigenvalue weighted by atomic mass is 35.5. The quantitative estimate of drug-likeness (QED) is 0.600. The molecule has 0 atom stereocenters. The molecule has 0 saturated carbocycles. The van der Waals surface area contributed by atoms with E-state index in [9.17, 15) is 14.4 Å². The summed E-state index contributed by atoms with van der Waals surface area (Å²) in [6, 6.07) is 9.58. The Bertz CT molecular complexity index is 741. The van der Waals surface area contributed by atoms with Crippen LogP contribution in [0.2, 0.25) is 4.34 Å². The maximum Gasteiger partial charge on any atom is 0.325 e. The molecular formula is C16H14ClNO5S. The van der Waals surface area contributed by atoms with Crippen LogP contribution in [0.25, 0.3) is 0 Å². The number of ketones is 1. The number of thiophene rings is 1. The lowest BCUT2D eigenvalue weighted by Crippen LogP contribution is -2.31. The van der Waals surface area contributed by atoms with Crippen LogP contribution >= 0.6 is 22.9 Å². The second-order valence-corrected chi connectivity index (χ2v) is 6.31. The lowest BCUT2D eigenvalue weighted by Gasteiger charge is -2.06. The lowest BCUT2D eigenvalue weighted by molar-refractivity contribution is -0.141. The third kappa shape index (κ3) is 5.07. The van der Waals surface area contributed by atoms with E-state index in [-0.39, 0.29) is 12.3 Å². The number of Topliss-reactive ketones (excluding diaryl/α,β-unsaturated/α-hetero) is 1. The highest BCUT2D eigenvalue weighted by molar-refractivity contribution is 7.18. The average molecular weight is 368 g/mol. The smallest absolute Gasteiger partial charge is 0.325 e. The van der Waals surface area contributed by atoms with E-state index in [0.717, 1.165) is 11.3 Å². The van der Waals surface area contributed by atoms with Crippen LogP contribution in [0.1, 0.15) is 20.0 Å². The molecule has 0 bridgehead atoms. The normalized spacial score (nSPS) is 10.1. The van der Waals surface area contributed by atoms with Crippen molar-refractivity contribution in [2.75, 3.05) is 20.3 Å². The molecule has 126 valence electrons. The van der Waals surface area contributed by atoms with Gasteiger partial charge < -0.3 is 14.8 Å². The first-order valence-electron chi connectivity index (χ1n) is 6.86. The Balaban J connectivity index is 1.76. The van der Waals surface area contributed by atoms with Crippen molar-refractivity contribution in [3.63, 3.8) is 0 Å². The van der Waals surface area contributed by atoms with Gasteiger partial charge in [0.1, 0.15) is 12.3 Å². The van der Waals surface area contributed by atoms with Crippen molar-refractivity contribution >= 4 is 40.6 Å². The minimum Gasteiger partial charge on any atom is -0.497 e. The largest absolute Gasteiger partial charge is 0.497 e. The number of amides is 1. The summed E-state index contributed by atoms with van der Waals surface area (Å²) in [5.41, 5.74) is 0.382. The molecule has 0 spiro atoms. The molecule has 0 aliphatic rings. The molecule has 0 saturated heterocycles. The van der Waals surface area contributed by atoms with Crippen LogP contribution in [0.15, 0.2) is 36.4 Å². The molecule has 1 aromatic heterocycles. The van der Waals surface area contributed by atoms with Gasteiger partial charge in [0, 0.05) is 5.56 Å². The molecule has 24 heavy (non-hydrogen) atoms. The number of ether oxygens (including phenoxy) is 2. The first-order chi connectivity index (χ1) is 11.5. The molecule has 1 amide bonds. The van der Waals surface area contributed by atoms with E-state index in [1.165, 1.54) is 7.11 Å². The molecule has 0 fully saturated rings. The Kier molecular flexibility index (Phi) is 6.34. The van der Waals surface area contributed by atoms with Gasteiger partial charge in [0.05, 0.1) is 16.3 Å². The number of methoxy groups -OCH3 is 1. The van der Waals surface area contributed by atoms with Gasteiger partial charge >= 0.3 is 5.97 Å². The van der Waals surface area contributed by atoms with Crippen LogP contribution in [0, 0.1) is 0 Å². The molecular weight excluding hydrogens is 354 g/mol. The van der Waals surface area contributed by atoms with Gasteiger partial charge in [-0.3, -0.25) is 14.4 Å². The predicted molar refractivity (Wildman–Crippen MR) is 89.9 cm³/mol. The minimum atomic E-state index is -0.701. The Labute approximate surface area is 147 Å². The minimum absolute atomic E-state index is 0.330. The van der Waals surface area contributed by atoms with Gasteiger partial charge in [-0.2, -0.15) is 0 Å². The van der Waals surface area contributed by atoms with Gasteiger partial charge in [-0.1, -0.05) is 11.6 Å². The van der Waals surface area contributed by atoms with E-state index >= 15 is 0 Å². The van der Waals surface area contributed by atoms with Crippen molar-refractivity contribution in [2.45, 2.75) is 0 Å². The fourth-order valence-electron chi connectivity index (χ4n) is 1.73. The van der Waals surface area contributed by atoms with Crippen molar-refractivity contribution in [1.29, 1.82) is 0 Å². The zero-order valence-electron chi connectivity index (χ0n) is 12.7. The maximum atomic E-state index is 11.9. The Morgan fingerprint density at radius 1 is 1.12 bits per heavy atom. The zero-order valence-corrected chi connectivity index (χ0v) is 14.3. The van der Waals surface area contributed by atoms with Gasteiger partial charge in [-0.15, -0.1) is 11.3 Å². The summed E-state index contributed by atoms with van der Waals surface area (Å²) in [5.74, 6) is -0.848. The SMILES string of the molecule is COc1ccc(C(=O)NCC(=O)OCC(=O)c2ccc(Cl)s2)cc1. The zero-order chi connectivity index (χ0) is 17.5.